The number of alkyl halides is 1. The maximum Gasteiger partial charge on any atom is 0.305 e. The molecule has 5 nitrogen and oxygen atoms in total. The Morgan fingerprint density at radius 2 is 2.15 bits per heavy atom. The van der Waals surface area contributed by atoms with Crippen LogP contribution in [0, 0.1) is 5.92 Å². The molecule has 1 N–H and O–H groups in total. The molecule has 0 aliphatic carbocycles. The van der Waals surface area contributed by atoms with E-state index >= 15 is 0 Å². The molecule has 1 fully saturated rings. The molecule has 1 atom stereocenters. The molecule has 0 spiro atoms. The van der Waals surface area contributed by atoms with Gasteiger partial charge in [-0.05, 0) is 5.92 Å². The molecule has 13 heavy (non-hydrogen) atoms. The Balaban J connectivity index is 2.98. The highest BCUT2D eigenvalue weighted by Gasteiger charge is 2.43. The number of hydrogen-bond acceptors (Lipinski definition) is 3. The summed E-state index contributed by atoms with van der Waals surface area (Å²) >= 11 is 5.34. The molecule has 0 aromatic carbocycles. The van der Waals surface area contributed by atoms with Gasteiger partial charge in [-0.15, -0.1) is 11.6 Å². The first kappa shape index (κ1) is 10.7. The summed E-state index contributed by atoms with van der Waals surface area (Å²) in [6.45, 7) is 3.53. The Morgan fingerprint density at radius 3 is 2.38 bits per heavy atom. The second-order valence-electron chi connectivity index (χ2n) is 3.15. The highest BCUT2D eigenvalue weighted by Crippen LogP contribution is 2.17. The summed E-state index contributed by atoms with van der Waals surface area (Å²) < 4.78 is 25.3. The molecule has 1 saturated heterocycles. The molecule has 0 bridgehead atoms. The van der Waals surface area contributed by atoms with Gasteiger partial charge in [-0.1, -0.05) is 13.8 Å². The van der Waals surface area contributed by atoms with Gasteiger partial charge in [-0.2, -0.15) is 13.1 Å². The molecule has 1 amide bonds. The van der Waals surface area contributed by atoms with E-state index in [0.29, 0.717) is 4.31 Å². The predicted molar refractivity (Wildman–Crippen MR) is 48.2 cm³/mol. The van der Waals surface area contributed by atoms with Crippen LogP contribution in [0.2, 0.25) is 0 Å². The number of carbonyl (C=O) groups excluding carboxylic acids is 1. The van der Waals surface area contributed by atoms with Crippen molar-refractivity contribution in [3.05, 3.63) is 0 Å². The third kappa shape index (κ3) is 1.79. The van der Waals surface area contributed by atoms with Crippen molar-refractivity contribution in [2.45, 2.75) is 19.9 Å². The van der Waals surface area contributed by atoms with Crippen molar-refractivity contribution < 1.29 is 13.2 Å². The summed E-state index contributed by atoms with van der Waals surface area (Å²) in [6.07, 6.45) is 0. The lowest BCUT2D eigenvalue weighted by Crippen LogP contribution is -2.34. The normalized spacial score (nSPS) is 27.2. The summed E-state index contributed by atoms with van der Waals surface area (Å²) in [5.41, 5.74) is 0. The zero-order valence-corrected chi connectivity index (χ0v) is 8.89. The average Bonchev–Trinajstić information content (AvgIpc) is 2.22. The molecule has 1 aliphatic rings. The monoisotopic (exact) mass is 226 g/mol. The molecular formula is C6H11ClN2O3S. The fourth-order valence-corrected chi connectivity index (χ4v) is 2.90. The van der Waals surface area contributed by atoms with Crippen molar-refractivity contribution >= 4 is 27.7 Å². The summed E-state index contributed by atoms with van der Waals surface area (Å²) in [4.78, 5) is 11.4. The molecule has 1 heterocycles. The highest BCUT2D eigenvalue weighted by atomic mass is 35.5. The number of hydrogen-bond donors (Lipinski definition) is 1. The van der Waals surface area contributed by atoms with E-state index in [9.17, 15) is 13.2 Å². The van der Waals surface area contributed by atoms with Crippen LogP contribution in [0.5, 0.6) is 0 Å². The first-order valence-corrected chi connectivity index (χ1v) is 5.77. The van der Waals surface area contributed by atoms with E-state index in [1.165, 1.54) is 0 Å². The van der Waals surface area contributed by atoms with Crippen molar-refractivity contribution in [1.82, 2.24) is 9.03 Å². The van der Waals surface area contributed by atoms with Crippen LogP contribution in [0.3, 0.4) is 0 Å². The van der Waals surface area contributed by atoms with E-state index < -0.39 is 22.2 Å². The van der Waals surface area contributed by atoms with Gasteiger partial charge < -0.3 is 0 Å². The number of rotatable bonds is 2. The summed E-state index contributed by atoms with van der Waals surface area (Å²) in [6, 6.07) is -1.01. The zero-order chi connectivity index (χ0) is 10.2. The SMILES string of the molecule is CC(C)C1NS(=O)(=O)N(CCl)C1=O. The quantitative estimate of drug-likeness (QED) is 0.528. The Bertz CT molecular complexity index is 314. The molecule has 76 valence electrons. The smallest absolute Gasteiger partial charge is 0.272 e. The third-order valence-electron chi connectivity index (χ3n) is 1.85. The molecule has 0 aromatic rings. The van der Waals surface area contributed by atoms with Crippen LogP contribution in [-0.4, -0.2) is 30.7 Å². The van der Waals surface area contributed by atoms with E-state index in [-0.39, 0.29) is 11.9 Å². The van der Waals surface area contributed by atoms with E-state index in [2.05, 4.69) is 4.72 Å². The van der Waals surface area contributed by atoms with Gasteiger partial charge in [0.05, 0.1) is 0 Å². The molecule has 1 rings (SSSR count). The minimum atomic E-state index is -3.68. The Hall–Kier alpha value is -0.330. The van der Waals surface area contributed by atoms with Gasteiger partial charge >= 0.3 is 10.2 Å². The van der Waals surface area contributed by atoms with Gasteiger partial charge in [0.15, 0.2) is 0 Å². The van der Waals surface area contributed by atoms with Gasteiger partial charge in [-0.25, -0.2) is 4.31 Å². The molecule has 7 heteroatoms. The lowest BCUT2D eigenvalue weighted by Gasteiger charge is -2.10. The fourth-order valence-electron chi connectivity index (χ4n) is 1.09. The van der Waals surface area contributed by atoms with Crippen molar-refractivity contribution in [3.63, 3.8) is 0 Å². The van der Waals surface area contributed by atoms with Crippen molar-refractivity contribution in [2.75, 3.05) is 6.00 Å². The second-order valence-corrected chi connectivity index (χ2v) is 5.02. The Labute approximate surface area is 82.2 Å². The standard InChI is InChI=1S/C6H11ClN2O3S/c1-4(2)5-6(10)9(3-7)13(11,12)8-5/h4-5,8H,3H2,1-2H3. The summed E-state index contributed by atoms with van der Waals surface area (Å²) in [5, 5.41) is 0. The molecule has 1 unspecified atom stereocenters. The molecule has 1 aliphatic heterocycles. The Morgan fingerprint density at radius 1 is 1.62 bits per heavy atom. The van der Waals surface area contributed by atoms with Crippen LogP contribution in [0.1, 0.15) is 13.8 Å². The maximum atomic E-state index is 11.4. The number of halogens is 1. The summed E-state index contributed by atoms with van der Waals surface area (Å²) in [5.74, 6) is -0.555. The molecule has 0 aromatic heterocycles. The minimum Gasteiger partial charge on any atom is -0.272 e. The van der Waals surface area contributed by atoms with E-state index in [1.807, 2.05) is 0 Å². The zero-order valence-electron chi connectivity index (χ0n) is 7.32. The van der Waals surface area contributed by atoms with E-state index in [4.69, 9.17) is 11.6 Å². The third-order valence-corrected chi connectivity index (χ3v) is 3.68. The topological polar surface area (TPSA) is 66.5 Å². The van der Waals surface area contributed by atoms with Gasteiger partial charge in [0.25, 0.3) is 5.91 Å². The maximum absolute atomic E-state index is 11.4. The van der Waals surface area contributed by atoms with E-state index in [1.54, 1.807) is 13.8 Å². The largest absolute Gasteiger partial charge is 0.305 e. The lowest BCUT2D eigenvalue weighted by atomic mass is 10.1. The van der Waals surface area contributed by atoms with Gasteiger partial charge in [0, 0.05) is 0 Å². The van der Waals surface area contributed by atoms with Gasteiger partial charge in [0.2, 0.25) is 0 Å². The lowest BCUT2D eigenvalue weighted by molar-refractivity contribution is -0.127. The molecule has 0 saturated carbocycles. The number of nitrogens with one attached hydrogen (secondary N) is 1. The van der Waals surface area contributed by atoms with Crippen LogP contribution in [0.4, 0.5) is 0 Å². The van der Waals surface area contributed by atoms with E-state index in [0.717, 1.165) is 0 Å². The summed E-state index contributed by atoms with van der Waals surface area (Å²) in [7, 11) is -3.68. The first-order valence-electron chi connectivity index (χ1n) is 3.80. The molecule has 0 radical (unpaired) electrons. The first-order chi connectivity index (χ1) is 5.90. The average molecular weight is 227 g/mol. The molecular weight excluding hydrogens is 216 g/mol. The van der Waals surface area contributed by atoms with Crippen LogP contribution in [0.25, 0.3) is 0 Å². The van der Waals surface area contributed by atoms with Crippen LogP contribution in [0.15, 0.2) is 0 Å². The number of carbonyl (C=O) groups is 1. The number of nitrogens with zero attached hydrogens (tertiary/aromatic N) is 1. The fraction of sp³-hybridized carbons (Fsp3) is 0.833. The predicted octanol–water partition coefficient (Wildman–Crippen LogP) is -0.116. The van der Waals surface area contributed by atoms with Crippen molar-refractivity contribution in [3.8, 4) is 0 Å². The van der Waals surface area contributed by atoms with Crippen LogP contribution in [-0.2, 0) is 15.0 Å². The van der Waals surface area contributed by atoms with Gasteiger partial charge in [0.1, 0.15) is 12.0 Å². The Kier molecular flexibility index (Phi) is 2.84. The van der Waals surface area contributed by atoms with Crippen molar-refractivity contribution in [2.24, 2.45) is 5.92 Å². The van der Waals surface area contributed by atoms with Gasteiger partial charge in [-0.3, -0.25) is 4.79 Å². The number of amides is 1. The highest BCUT2D eigenvalue weighted by molar-refractivity contribution is 7.88. The minimum absolute atomic E-state index is 0.0736. The second kappa shape index (κ2) is 3.43. The van der Waals surface area contributed by atoms with Crippen molar-refractivity contribution in [1.29, 1.82) is 0 Å². The van der Waals surface area contributed by atoms with Crippen LogP contribution >= 0.6 is 11.6 Å². The van der Waals surface area contributed by atoms with Crippen LogP contribution < -0.4 is 4.72 Å².